The summed E-state index contributed by atoms with van der Waals surface area (Å²) in [6.45, 7) is 8.96. The van der Waals surface area contributed by atoms with Crippen LogP contribution >= 0.6 is 0 Å². The Labute approximate surface area is 280 Å². The molecule has 1 fully saturated rings. The lowest BCUT2D eigenvalue weighted by atomic mass is 9.67. The molecule has 2 aliphatic rings. The Balaban J connectivity index is 1.20. The van der Waals surface area contributed by atoms with E-state index in [0.29, 0.717) is 6.54 Å². The minimum atomic E-state index is -0.674. The Morgan fingerprint density at radius 2 is 1.83 bits per heavy atom. The van der Waals surface area contributed by atoms with Gasteiger partial charge < -0.3 is 29.7 Å². The molecule has 7 rings (SSSR count). The first-order valence-electron chi connectivity index (χ1n) is 16.9. The molecule has 2 aliphatic heterocycles. The summed E-state index contributed by atoms with van der Waals surface area (Å²) in [6, 6.07) is 16.4. The topological polar surface area (TPSA) is 125 Å². The van der Waals surface area contributed by atoms with Gasteiger partial charge in [0.25, 0.3) is 0 Å². The van der Waals surface area contributed by atoms with Crippen LogP contribution in [0.4, 0.5) is 4.79 Å². The van der Waals surface area contributed by atoms with Gasteiger partial charge in [0.05, 0.1) is 43.3 Å². The zero-order chi connectivity index (χ0) is 33.6. The highest BCUT2D eigenvalue weighted by molar-refractivity contribution is 5.93. The van der Waals surface area contributed by atoms with Crippen molar-refractivity contribution in [2.75, 3.05) is 13.7 Å². The number of imidazole rings is 2. The highest BCUT2D eigenvalue weighted by Gasteiger charge is 2.41. The van der Waals surface area contributed by atoms with E-state index in [9.17, 15) is 9.59 Å². The van der Waals surface area contributed by atoms with Gasteiger partial charge in [-0.25, -0.2) is 14.8 Å². The van der Waals surface area contributed by atoms with Crippen LogP contribution in [0.1, 0.15) is 76.4 Å². The highest BCUT2D eigenvalue weighted by atomic mass is 16.5. The van der Waals surface area contributed by atoms with Gasteiger partial charge >= 0.3 is 6.09 Å². The van der Waals surface area contributed by atoms with Crippen LogP contribution < -0.4 is 10.1 Å². The van der Waals surface area contributed by atoms with Crippen LogP contribution in [-0.4, -0.2) is 56.5 Å². The lowest BCUT2D eigenvalue weighted by molar-refractivity contribution is -0.135. The van der Waals surface area contributed by atoms with Gasteiger partial charge in [0.2, 0.25) is 5.91 Å². The minimum absolute atomic E-state index is 0.0918. The van der Waals surface area contributed by atoms with Gasteiger partial charge in [0.1, 0.15) is 23.4 Å². The number of likely N-dealkylation sites (tertiary alicyclic amines) is 1. The van der Waals surface area contributed by atoms with Crippen LogP contribution in [0.3, 0.4) is 0 Å². The monoisotopic (exact) mass is 646 g/mol. The Bertz CT molecular complexity index is 1980. The van der Waals surface area contributed by atoms with E-state index in [-0.39, 0.29) is 23.3 Å². The maximum Gasteiger partial charge on any atom is 0.407 e. The second-order valence-corrected chi connectivity index (χ2v) is 13.2. The standard InChI is InChI=1S/C38H42N6O4/c1-6-38(7-2)27-14-11-25(28-19-39-21-41-28)18-32(27)48-31-15-12-23-17-24(10-13-26(23)33(31)38)29-20-40-35(42-29)30-9-8-16-44(30)36(45)34(22(3)4)43-37(46)47-5/h10-15,17-22,30,34H,6-9,16H2,1-5H3,(H,39,41)(H,40,42)(H,43,46)/t30-,34-/m0/s1. The minimum Gasteiger partial charge on any atom is -0.457 e. The molecule has 48 heavy (non-hydrogen) atoms. The Morgan fingerprint density at radius 1 is 1.04 bits per heavy atom. The quantitative estimate of drug-likeness (QED) is 0.158. The molecule has 2 atom stereocenters. The van der Waals surface area contributed by atoms with Crippen molar-refractivity contribution in [1.29, 1.82) is 0 Å². The number of fused-ring (bicyclic) bond motifs is 4. The molecule has 0 saturated carbocycles. The van der Waals surface area contributed by atoms with E-state index >= 15 is 0 Å². The molecule has 0 unspecified atom stereocenters. The van der Waals surface area contributed by atoms with Crippen molar-refractivity contribution in [2.45, 2.75) is 70.9 Å². The summed E-state index contributed by atoms with van der Waals surface area (Å²) in [6.07, 6.45) is 8.29. The SMILES string of the molecule is CCC1(CC)c2ccc(-c3cnc[nH]3)cc2Oc2ccc3cc(-c4cnc([C@@H]5CCCN5C(=O)[C@@H](NC(=O)OC)C(C)C)[nH]4)ccc3c21. The normalized spacial score (nSPS) is 17.1. The second kappa shape index (κ2) is 12.5. The largest absolute Gasteiger partial charge is 0.457 e. The summed E-state index contributed by atoms with van der Waals surface area (Å²) >= 11 is 0. The van der Waals surface area contributed by atoms with Crippen molar-refractivity contribution < 1.29 is 19.1 Å². The molecule has 248 valence electrons. The first kappa shape index (κ1) is 31.5. The van der Waals surface area contributed by atoms with Gasteiger partial charge in [-0.1, -0.05) is 58.0 Å². The van der Waals surface area contributed by atoms with E-state index in [1.807, 2.05) is 31.1 Å². The molecule has 3 aromatic carbocycles. The molecule has 0 bridgehead atoms. The first-order valence-corrected chi connectivity index (χ1v) is 16.9. The summed E-state index contributed by atoms with van der Waals surface area (Å²) < 4.78 is 11.4. The summed E-state index contributed by atoms with van der Waals surface area (Å²) in [5, 5.41) is 5.02. The van der Waals surface area contributed by atoms with Crippen molar-refractivity contribution >= 4 is 22.8 Å². The Kier molecular flexibility index (Phi) is 8.19. The van der Waals surface area contributed by atoms with E-state index in [1.54, 1.807) is 6.33 Å². The van der Waals surface area contributed by atoms with Crippen LogP contribution in [0, 0.1) is 5.92 Å². The molecule has 2 amide bonds. The predicted molar refractivity (Wildman–Crippen MR) is 185 cm³/mol. The van der Waals surface area contributed by atoms with E-state index in [1.165, 1.54) is 23.6 Å². The first-order chi connectivity index (χ1) is 23.3. The average Bonchev–Trinajstić information content (AvgIpc) is 3.91. The fourth-order valence-electron chi connectivity index (χ4n) is 7.72. The Hall–Kier alpha value is -5.12. The third kappa shape index (κ3) is 5.19. The fraction of sp³-hybridized carbons (Fsp3) is 0.368. The van der Waals surface area contributed by atoms with Gasteiger partial charge in [-0.2, -0.15) is 0 Å². The molecule has 5 aromatic rings. The van der Waals surface area contributed by atoms with Crippen molar-refractivity contribution in [3.05, 3.63) is 84.2 Å². The van der Waals surface area contributed by atoms with Crippen LogP contribution in [0.2, 0.25) is 0 Å². The zero-order valence-corrected chi connectivity index (χ0v) is 28.1. The molecule has 0 spiro atoms. The average molecular weight is 647 g/mol. The number of aromatic nitrogens is 4. The number of rotatable bonds is 8. The molecule has 1 saturated heterocycles. The van der Waals surface area contributed by atoms with Crippen LogP contribution in [0.5, 0.6) is 11.5 Å². The maximum atomic E-state index is 13.6. The Morgan fingerprint density at radius 3 is 2.56 bits per heavy atom. The van der Waals surface area contributed by atoms with Crippen molar-refractivity contribution in [2.24, 2.45) is 5.92 Å². The number of benzene rings is 3. The second-order valence-electron chi connectivity index (χ2n) is 13.2. The molecule has 10 nitrogen and oxygen atoms in total. The molecule has 10 heteroatoms. The van der Waals surface area contributed by atoms with Gasteiger partial charge in [-0.05, 0) is 60.6 Å². The third-order valence-corrected chi connectivity index (χ3v) is 10.3. The summed E-state index contributed by atoms with van der Waals surface area (Å²) in [5.41, 5.74) is 6.14. The molecule has 2 aromatic heterocycles. The van der Waals surface area contributed by atoms with Crippen molar-refractivity contribution in [3.63, 3.8) is 0 Å². The number of hydrogen-bond donors (Lipinski definition) is 3. The highest BCUT2D eigenvalue weighted by Crippen LogP contribution is 2.54. The van der Waals surface area contributed by atoms with Crippen LogP contribution in [-0.2, 0) is 14.9 Å². The van der Waals surface area contributed by atoms with E-state index in [4.69, 9.17) is 14.5 Å². The lowest BCUT2D eigenvalue weighted by Gasteiger charge is -2.40. The molecule has 0 radical (unpaired) electrons. The predicted octanol–water partition coefficient (Wildman–Crippen LogP) is 7.88. The van der Waals surface area contributed by atoms with E-state index in [2.05, 4.69) is 82.6 Å². The smallest absolute Gasteiger partial charge is 0.407 e. The maximum absolute atomic E-state index is 13.6. The molecule has 3 N–H and O–H groups in total. The summed E-state index contributed by atoms with van der Waals surface area (Å²) in [7, 11) is 1.30. The van der Waals surface area contributed by atoms with Gasteiger partial charge in [-0.3, -0.25) is 4.79 Å². The number of alkyl carbamates (subject to hydrolysis) is 1. The lowest BCUT2D eigenvalue weighted by Crippen LogP contribution is -2.51. The number of aromatic amines is 2. The summed E-state index contributed by atoms with van der Waals surface area (Å²) in [5.74, 6) is 2.31. The number of carbonyl (C=O) groups is 2. The van der Waals surface area contributed by atoms with Crippen molar-refractivity contribution in [3.8, 4) is 34.0 Å². The van der Waals surface area contributed by atoms with Gasteiger partial charge in [0, 0.05) is 34.2 Å². The summed E-state index contributed by atoms with van der Waals surface area (Å²) in [4.78, 5) is 43.1. The number of nitrogens with zero attached hydrogens (tertiary/aromatic N) is 3. The van der Waals surface area contributed by atoms with Crippen molar-refractivity contribution in [1.82, 2.24) is 30.2 Å². The number of amides is 2. The van der Waals surface area contributed by atoms with Crippen LogP contribution in [0.25, 0.3) is 33.3 Å². The number of nitrogens with one attached hydrogen (secondary N) is 3. The number of carbonyl (C=O) groups excluding carboxylic acids is 2. The number of H-pyrrole nitrogens is 2. The van der Waals surface area contributed by atoms with E-state index < -0.39 is 12.1 Å². The third-order valence-electron chi connectivity index (χ3n) is 10.3. The van der Waals surface area contributed by atoms with Gasteiger partial charge in [0.15, 0.2) is 0 Å². The molecular formula is C38H42N6O4. The van der Waals surface area contributed by atoms with Crippen LogP contribution in [0.15, 0.2) is 67.3 Å². The number of ether oxygens (including phenoxy) is 2. The molecule has 4 heterocycles. The van der Waals surface area contributed by atoms with Gasteiger partial charge in [-0.15, -0.1) is 0 Å². The zero-order valence-electron chi connectivity index (χ0n) is 28.1. The van der Waals surface area contributed by atoms with E-state index in [0.717, 1.165) is 70.9 Å². The molecular weight excluding hydrogens is 604 g/mol. The number of hydrogen-bond acceptors (Lipinski definition) is 6. The fourth-order valence-corrected chi connectivity index (χ4v) is 7.72. The number of methoxy groups -OCH3 is 1. The molecule has 0 aliphatic carbocycles.